The SMILES string of the molecule is C1=CC2=CCCOC2O1. The molecule has 0 bridgehead atoms. The Bertz CT molecular complexity index is 170. The molecule has 2 heteroatoms. The summed E-state index contributed by atoms with van der Waals surface area (Å²) in [6, 6.07) is 0. The first kappa shape index (κ1) is 5.06. The quantitative estimate of drug-likeness (QED) is 0.483. The van der Waals surface area contributed by atoms with E-state index in [-0.39, 0.29) is 6.29 Å². The molecule has 2 nitrogen and oxygen atoms in total. The second-order valence-electron chi connectivity index (χ2n) is 2.13. The third-order valence-corrected chi connectivity index (χ3v) is 1.50. The molecule has 0 fully saturated rings. The van der Waals surface area contributed by atoms with Gasteiger partial charge in [0.1, 0.15) is 0 Å². The molecule has 0 saturated carbocycles. The minimum Gasteiger partial charge on any atom is -0.468 e. The maximum absolute atomic E-state index is 5.25. The molecule has 2 aliphatic rings. The van der Waals surface area contributed by atoms with E-state index in [0.717, 1.165) is 13.0 Å². The summed E-state index contributed by atoms with van der Waals surface area (Å²) < 4.78 is 10.3. The predicted molar refractivity (Wildman–Crippen MR) is 32.7 cm³/mol. The molecule has 2 aliphatic heterocycles. The third kappa shape index (κ3) is 0.754. The van der Waals surface area contributed by atoms with Crippen LogP contribution in [0.4, 0.5) is 0 Å². The minimum atomic E-state index is -0.0845. The van der Waals surface area contributed by atoms with Crippen molar-refractivity contribution in [1.82, 2.24) is 0 Å². The lowest BCUT2D eigenvalue weighted by atomic mass is 10.2. The molecule has 0 radical (unpaired) electrons. The van der Waals surface area contributed by atoms with Gasteiger partial charge in [0.2, 0.25) is 6.29 Å². The second kappa shape index (κ2) is 1.88. The van der Waals surface area contributed by atoms with E-state index in [1.807, 2.05) is 6.08 Å². The van der Waals surface area contributed by atoms with Gasteiger partial charge >= 0.3 is 0 Å². The molecule has 48 valence electrons. The van der Waals surface area contributed by atoms with E-state index in [1.165, 1.54) is 5.57 Å². The molecule has 0 aliphatic carbocycles. The highest BCUT2D eigenvalue weighted by Gasteiger charge is 2.19. The Morgan fingerprint density at radius 3 is 3.44 bits per heavy atom. The van der Waals surface area contributed by atoms with Crippen LogP contribution in [-0.4, -0.2) is 12.9 Å². The molecule has 2 rings (SSSR count). The molecule has 0 amide bonds. The number of rotatable bonds is 0. The van der Waals surface area contributed by atoms with Crippen LogP contribution in [0.2, 0.25) is 0 Å². The highest BCUT2D eigenvalue weighted by atomic mass is 16.7. The topological polar surface area (TPSA) is 18.5 Å². The van der Waals surface area contributed by atoms with E-state index in [1.54, 1.807) is 6.26 Å². The highest BCUT2D eigenvalue weighted by Crippen LogP contribution is 2.21. The van der Waals surface area contributed by atoms with Crippen LogP contribution in [0, 0.1) is 0 Å². The van der Waals surface area contributed by atoms with Crippen LogP contribution < -0.4 is 0 Å². The summed E-state index contributed by atoms with van der Waals surface area (Å²) in [5.74, 6) is 0. The minimum absolute atomic E-state index is 0.0845. The number of hydrogen-bond acceptors (Lipinski definition) is 2. The molecular weight excluding hydrogens is 116 g/mol. The summed E-state index contributed by atoms with van der Waals surface area (Å²) in [6.07, 6.45) is 6.71. The zero-order chi connectivity index (χ0) is 6.10. The summed E-state index contributed by atoms with van der Waals surface area (Å²) in [5.41, 5.74) is 1.17. The van der Waals surface area contributed by atoms with Crippen LogP contribution in [0.3, 0.4) is 0 Å². The fourth-order valence-electron chi connectivity index (χ4n) is 1.05. The molecule has 1 atom stereocenters. The van der Waals surface area contributed by atoms with Gasteiger partial charge in [-0.1, -0.05) is 6.08 Å². The largest absolute Gasteiger partial charge is 0.468 e. The van der Waals surface area contributed by atoms with Gasteiger partial charge in [0, 0.05) is 5.57 Å². The number of fused-ring (bicyclic) bond motifs is 1. The first-order chi connectivity index (χ1) is 4.47. The van der Waals surface area contributed by atoms with Crippen LogP contribution in [0.1, 0.15) is 6.42 Å². The van der Waals surface area contributed by atoms with Gasteiger partial charge in [-0.3, -0.25) is 0 Å². The Morgan fingerprint density at radius 2 is 2.56 bits per heavy atom. The fourth-order valence-corrected chi connectivity index (χ4v) is 1.05. The van der Waals surface area contributed by atoms with Crippen LogP contribution in [0.15, 0.2) is 24.0 Å². The third-order valence-electron chi connectivity index (χ3n) is 1.50. The Hall–Kier alpha value is -0.760. The average Bonchev–Trinajstić information content (AvgIpc) is 2.33. The van der Waals surface area contributed by atoms with E-state index in [9.17, 15) is 0 Å². The molecule has 0 aromatic carbocycles. The highest BCUT2D eigenvalue weighted by molar-refractivity contribution is 5.25. The van der Waals surface area contributed by atoms with Crippen molar-refractivity contribution in [2.75, 3.05) is 6.61 Å². The van der Waals surface area contributed by atoms with Gasteiger partial charge < -0.3 is 9.47 Å². The molecular formula is C7H8O2. The smallest absolute Gasteiger partial charge is 0.225 e. The van der Waals surface area contributed by atoms with Gasteiger partial charge in [-0.2, -0.15) is 0 Å². The van der Waals surface area contributed by atoms with Crippen molar-refractivity contribution in [2.45, 2.75) is 12.7 Å². The van der Waals surface area contributed by atoms with Crippen LogP contribution in [-0.2, 0) is 9.47 Å². The Morgan fingerprint density at radius 1 is 1.56 bits per heavy atom. The van der Waals surface area contributed by atoms with Gasteiger partial charge in [0.15, 0.2) is 0 Å². The van der Waals surface area contributed by atoms with Crippen molar-refractivity contribution >= 4 is 0 Å². The summed E-state index contributed by atoms with van der Waals surface area (Å²) in [7, 11) is 0. The van der Waals surface area contributed by atoms with Crippen molar-refractivity contribution < 1.29 is 9.47 Å². The zero-order valence-corrected chi connectivity index (χ0v) is 5.04. The summed E-state index contributed by atoms with van der Waals surface area (Å²) in [4.78, 5) is 0. The lowest BCUT2D eigenvalue weighted by molar-refractivity contribution is -0.0738. The maximum Gasteiger partial charge on any atom is 0.225 e. The van der Waals surface area contributed by atoms with E-state index in [0.29, 0.717) is 0 Å². The van der Waals surface area contributed by atoms with Crippen molar-refractivity contribution in [2.24, 2.45) is 0 Å². The van der Waals surface area contributed by atoms with Crippen molar-refractivity contribution in [3.8, 4) is 0 Å². The Kier molecular flexibility index (Phi) is 1.06. The molecule has 9 heavy (non-hydrogen) atoms. The van der Waals surface area contributed by atoms with Gasteiger partial charge in [-0.15, -0.1) is 0 Å². The predicted octanol–water partition coefficient (Wildman–Crippen LogP) is 1.20. The monoisotopic (exact) mass is 124 g/mol. The number of hydrogen-bond donors (Lipinski definition) is 0. The zero-order valence-electron chi connectivity index (χ0n) is 5.04. The van der Waals surface area contributed by atoms with E-state index >= 15 is 0 Å². The molecule has 0 aromatic rings. The lowest BCUT2D eigenvalue weighted by Crippen LogP contribution is -2.17. The standard InChI is InChI=1S/C7H8O2/c1-2-6-3-5-9-7(6)8-4-1/h2-3,5,7H,1,4H2. The normalized spacial score (nSPS) is 31.1. The second-order valence-corrected chi connectivity index (χ2v) is 2.13. The molecule has 2 heterocycles. The average molecular weight is 124 g/mol. The summed E-state index contributed by atoms with van der Waals surface area (Å²) >= 11 is 0. The summed E-state index contributed by atoms with van der Waals surface area (Å²) in [5, 5.41) is 0. The molecule has 1 unspecified atom stereocenters. The first-order valence-electron chi connectivity index (χ1n) is 3.10. The van der Waals surface area contributed by atoms with E-state index in [2.05, 4.69) is 6.08 Å². The van der Waals surface area contributed by atoms with Gasteiger partial charge in [0.05, 0.1) is 12.9 Å². The molecule has 0 aromatic heterocycles. The summed E-state index contributed by atoms with van der Waals surface area (Å²) in [6.45, 7) is 0.788. The van der Waals surface area contributed by atoms with Crippen LogP contribution in [0.25, 0.3) is 0 Å². The molecule has 0 saturated heterocycles. The maximum atomic E-state index is 5.25. The van der Waals surface area contributed by atoms with E-state index in [4.69, 9.17) is 9.47 Å². The molecule has 0 N–H and O–H groups in total. The van der Waals surface area contributed by atoms with Crippen LogP contribution in [0.5, 0.6) is 0 Å². The van der Waals surface area contributed by atoms with Crippen LogP contribution >= 0.6 is 0 Å². The lowest BCUT2D eigenvalue weighted by Gasteiger charge is -2.16. The van der Waals surface area contributed by atoms with Gasteiger partial charge in [-0.05, 0) is 12.5 Å². The van der Waals surface area contributed by atoms with Gasteiger partial charge in [0.25, 0.3) is 0 Å². The van der Waals surface area contributed by atoms with Crippen molar-refractivity contribution in [3.05, 3.63) is 24.0 Å². The number of ether oxygens (including phenoxy) is 2. The van der Waals surface area contributed by atoms with Crippen molar-refractivity contribution in [3.63, 3.8) is 0 Å². The van der Waals surface area contributed by atoms with Gasteiger partial charge in [-0.25, -0.2) is 0 Å². The first-order valence-corrected chi connectivity index (χ1v) is 3.10. The fraction of sp³-hybridized carbons (Fsp3) is 0.429. The van der Waals surface area contributed by atoms with E-state index < -0.39 is 0 Å². The Labute approximate surface area is 53.8 Å². The Balaban J connectivity index is 2.23. The van der Waals surface area contributed by atoms with Crippen molar-refractivity contribution in [1.29, 1.82) is 0 Å². The molecule has 0 spiro atoms.